The highest BCUT2D eigenvalue weighted by Crippen LogP contribution is 2.17. The summed E-state index contributed by atoms with van der Waals surface area (Å²) in [5.74, 6) is -1.29. The number of aliphatic carboxylic acids is 1. The predicted octanol–water partition coefficient (Wildman–Crippen LogP) is 1.68. The van der Waals surface area contributed by atoms with Gasteiger partial charge in [-0.1, -0.05) is 0 Å². The standard InChI is InChI=1S/C10H13NO3S/c1-10(2,9(13)14)11(3)8(12)7-4-5-15-6-7/h4-6H,1-3H3,(H,13,14). The van der Waals surface area contributed by atoms with Gasteiger partial charge in [0.2, 0.25) is 0 Å². The lowest BCUT2D eigenvalue weighted by Gasteiger charge is -2.31. The summed E-state index contributed by atoms with van der Waals surface area (Å²) in [4.78, 5) is 24.0. The Labute approximate surface area is 92.1 Å². The Hall–Kier alpha value is -1.36. The zero-order valence-electron chi connectivity index (χ0n) is 8.85. The van der Waals surface area contributed by atoms with Crippen molar-refractivity contribution in [3.05, 3.63) is 22.4 Å². The van der Waals surface area contributed by atoms with E-state index in [1.54, 1.807) is 16.8 Å². The molecule has 0 radical (unpaired) electrons. The van der Waals surface area contributed by atoms with Crippen molar-refractivity contribution >= 4 is 23.2 Å². The van der Waals surface area contributed by atoms with Gasteiger partial charge in [-0.3, -0.25) is 4.79 Å². The molecular formula is C10H13NO3S. The van der Waals surface area contributed by atoms with Gasteiger partial charge in [-0.05, 0) is 25.3 Å². The van der Waals surface area contributed by atoms with Gasteiger partial charge in [0, 0.05) is 12.4 Å². The number of rotatable bonds is 3. The number of thiophene rings is 1. The molecule has 1 aromatic rings. The van der Waals surface area contributed by atoms with E-state index >= 15 is 0 Å². The molecule has 1 heterocycles. The van der Waals surface area contributed by atoms with Gasteiger partial charge in [0.15, 0.2) is 0 Å². The van der Waals surface area contributed by atoms with Crippen molar-refractivity contribution in [2.24, 2.45) is 0 Å². The minimum Gasteiger partial charge on any atom is -0.480 e. The fourth-order valence-corrected chi connectivity index (χ4v) is 1.61. The van der Waals surface area contributed by atoms with Crippen LogP contribution in [0.3, 0.4) is 0 Å². The molecule has 1 N–H and O–H groups in total. The zero-order valence-corrected chi connectivity index (χ0v) is 9.67. The Balaban J connectivity index is 2.91. The largest absolute Gasteiger partial charge is 0.480 e. The smallest absolute Gasteiger partial charge is 0.329 e. The average Bonchev–Trinajstić information content (AvgIpc) is 2.67. The first-order valence-corrected chi connectivity index (χ1v) is 5.35. The Morgan fingerprint density at radius 1 is 1.47 bits per heavy atom. The Bertz CT molecular complexity index is 370. The van der Waals surface area contributed by atoms with Crippen LogP contribution in [0.25, 0.3) is 0 Å². The number of hydrogen-bond donors (Lipinski definition) is 1. The predicted molar refractivity (Wildman–Crippen MR) is 58.1 cm³/mol. The summed E-state index contributed by atoms with van der Waals surface area (Å²) < 4.78 is 0. The van der Waals surface area contributed by atoms with E-state index in [9.17, 15) is 9.59 Å². The van der Waals surface area contributed by atoms with Crippen molar-refractivity contribution in [2.75, 3.05) is 7.05 Å². The van der Waals surface area contributed by atoms with Crippen molar-refractivity contribution in [3.8, 4) is 0 Å². The molecule has 0 unspecified atom stereocenters. The monoisotopic (exact) mass is 227 g/mol. The molecule has 5 heteroatoms. The summed E-state index contributed by atoms with van der Waals surface area (Å²) in [7, 11) is 1.49. The number of carbonyl (C=O) groups excluding carboxylic acids is 1. The number of carboxylic acid groups (broad SMARTS) is 1. The highest BCUT2D eigenvalue weighted by molar-refractivity contribution is 7.08. The van der Waals surface area contributed by atoms with Gasteiger partial charge in [-0.15, -0.1) is 0 Å². The SMILES string of the molecule is CN(C(=O)c1ccsc1)C(C)(C)C(=O)O. The second-order valence-corrected chi connectivity index (χ2v) is 4.52. The molecule has 1 amide bonds. The molecule has 0 atom stereocenters. The molecule has 4 nitrogen and oxygen atoms in total. The van der Waals surface area contributed by atoms with E-state index < -0.39 is 11.5 Å². The summed E-state index contributed by atoms with van der Waals surface area (Å²) in [6.07, 6.45) is 0. The third-order valence-corrected chi connectivity index (χ3v) is 3.12. The fraction of sp³-hybridized carbons (Fsp3) is 0.400. The van der Waals surface area contributed by atoms with Gasteiger partial charge in [0.1, 0.15) is 5.54 Å². The minimum absolute atomic E-state index is 0.274. The van der Waals surface area contributed by atoms with Gasteiger partial charge in [0.25, 0.3) is 5.91 Å². The average molecular weight is 227 g/mol. The first-order chi connectivity index (χ1) is 6.87. The van der Waals surface area contributed by atoms with Crippen LogP contribution in [-0.2, 0) is 4.79 Å². The van der Waals surface area contributed by atoms with E-state index in [0.717, 1.165) is 0 Å². The first kappa shape index (κ1) is 11.7. The van der Waals surface area contributed by atoms with E-state index in [4.69, 9.17) is 5.11 Å². The van der Waals surface area contributed by atoms with E-state index in [1.807, 2.05) is 0 Å². The molecule has 0 bridgehead atoms. The van der Waals surface area contributed by atoms with Crippen LogP contribution < -0.4 is 0 Å². The lowest BCUT2D eigenvalue weighted by molar-refractivity contribution is -0.147. The molecule has 0 aliphatic carbocycles. The number of nitrogens with zero attached hydrogens (tertiary/aromatic N) is 1. The molecule has 82 valence electrons. The molecule has 1 rings (SSSR count). The molecule has 0 aliphatic rings. The Morgan fingerprint density at radius 3 is 2.47 bits per heavy atom. The Morgan fingerprint density at radius 2 is 2.07 bits per heavy atom. The number of amides is 1. The van der Waals surface area contributed by atoms with Crippen LogP contribution in [0, 0.1) is 0 Å². The van der Waals surface area contributed by atoms with Gasteiger partial charge in [-0.25, -0.2) is 4.79 Å². The molecule has 0 aliphatic heterocycles. The van der Waals surface area contributed by atoms with E-state index in [1.165, 1.54) is 37.1 Å². The van der Waals surface area contributed by atoms with Crippen LogP contribution in [0.4, 0.5) is 0 Å². The van der Waals surface area contributed by atoms with E-state index in [-0.39, 0.29) is 5.91 Å². The van der Waals surface area contributed by atoms with Gasteiger partial charge < -0.3 is 10.0 Å². The maximum Gasteiger partial charge on any atom is 0.329 e. The lowest BCUT2D eigenvalue weighted by atomic mass is 10.0. The summed E-state index contributed by atoms with van der Waals surface area (Å²) >= 11 is 1.41. The second kappa shape index (κ2) is 4.02. The molecule has 0 spiro atoms. The first-order valence-electron chi connectivity index (χ1n) is 4.41. The van der Waals surface area contributed by atoms with Crippen LogP contribution in [0.15, 0.2) is 16.8 Å². The van der Waals surface area contributed by atoms with Crippen LogP contribution >= 0.6 is 11.3 Å². The van der Waals surface area contributed by atoms with E-state index in [2.05, 4.69) is 0 Å². The number of carboxylic acids is 1. The van der Waals surface area contributed by atoms with Crippen LogP contribution in [0.1, 0.15) is 24.2 Å². The van der Waals surface area contributed by atoms with Crippen molar-refractivity contribution in [1.29, 1.82) is 0 Å². The molecular weight excluding hydrogens is 214 g/mol. The Kier molecular flexibility index (Phi) is 3.14. The van der Waals surface area contributed by atoms with Crippen molar-refractivity contribution < 1.29 is 14.7 Å². The highest BCUT2D eigenvalue weighted by Gasteiger charge is 2.35. The number of likely N-dealkylation sites (N-methyl/N-ethyl adjacent to an activating group) is 1. The van der Waals surface area contributed by atoms with Gasteiger partial charge in [-0.2, -0.15) is 11.3 Å². The molecule has 0 fully saturated rings. The van der Waals surface area contributed by atoms with Crippen LogP contribution in [0.5, 0.6) is 0 Å². The van der Waals surface area contributed by atoms with Crippen molar-refractivity contribution in [2.45, 2.75) is 19.4 Å². The maximum atomic E-state index is 11.8. The third kappa shape index (κ3) is 2.18. The topological polar surface area (TPSA) is 57.6 Å². The van der Waals surface area contributed by atoms with Crippen LogP contribution in [0.2, 0.25) is 0 Å². The van der Waals surface area contributed by atoms with Crippen molar-refractivity contribution in [1.82, 2.24) is 4.90 Å². The fourth-order valence-electron chi connectivity index (χ4n) is 0.977. The zero-order chi connectivity index (χ0) is 11.6. The number of carbonyl (C=O) groups is 2. The van der Waals surface area contributed by atoms with Crippen molar-refractivity contribution in [3.63, 3.8) is 0 Å². The summed E-state index contributed by atoms with van der Waals surface area (Å²) in [5.41, 5.74) is -0.671. The molecule has 0 saturated carbocycles. The normalized spacial score (nSPS) is 11.1. The van der Waals surface area contributed by atoms with Gasteiger partial charge >= 0.3 is 5.97 Å². The summed E-state index contributed by atoms with van der Waals surface area (Å²) in [5, 5.41) is 12.5. The molecule has 0 saturated heterocycles. The second-order valence-electron chi connectivity index (χ2n) is 3.74. The lowest BCUT2D eigenvalue weighted by Crippen LogP contribution is -2.50. The van der Waals surface area contributed by atoms with E-state index in [0.29, 0.717) is 5.56 Å². The summed E-state index contributed by atoms with van der Waals surface area (Å²) in [6, 6.07) is 1.68. The third-order valence-electron chi connectivity index (χ3n) is 2.43. The minimum atomic E-state index is -1.20. The molecule has 15 heavy (non-hydrogen) atoms. The molecule has 0 aromatic carbocycles. The number of hydrogen-bond acceptors (Lipinski definition) is 3. The quantitative estimate of drug-likeness (QED) is 0.854. The maximum absolute atomic E-state index is 11.8. The van der Waals surface area contributed by atoms with Crippen LogP contribution in [-0.4, -0.2) is 34.5 Å². The summed E-state index contributed by atoms with van der Waals surface area (Å²) in [6.45, 7) is 3.00. The highest BCUT2D eigenvalue weighted by atomic mass is 32.1. The molecule has 1 aromatic heterocycles. The van der Waals surface area contributed by atoms with Gasteiger partial charge in [0.05, 0.1) is 5.56 Å².